The second kappa shape index (κ2) is 8.06. The monoisotopic (exact) mass is 383 g/mol. The van der Waals surface area contributed by atoms with E-state index in [2.05, 4.69) is 56.9 Å². The Morgan fingerprint density at radius 3 is 2.48 bits per heavy atom. The Bertz CT molecular complexity index is 791. The fraction of sp³-hybridized carbons (Fsp3) is 0.458. The van der Waals surface area contributed by atoms with Crippen LogP contribution in [0.3, 0.4) is 0 Å². The Hall–Kier alpha value is -1.80. The van der Waals surface area contributed by atoms with Crippen LogP contribution in [0.2, 0.25) is 5.02 Å². The Labute approximate surface area is 168 Å². The van der Waals surface area contributed by atoms with E-state index in [0.29, 0.717) is 12.3 Å². The van der Waals surface area contributed by atoms with Gasteiger partial charge in [-0.1, -0.05) is 75.7 Å². The third-order valence-corrected chi connectivity index (χ3v) is 5.53. The Morgan fingerprint density at radius 2 is 1.81 bits per heavy atom. The van der Waals surface area contributed by atoms with Gasteiger partial charge in [0.05, 0.1) is 6.04 Å². The zero-order valence-electron chi connectivity index (χ0n) is 16.8. The van der Waals surface area contributed by atoms with Gasteiger partial charge in [0.15, 0.2) is 0 Å². The quantitative estimate of drug-likeness (QED) is 0.608. The van der Waals surface area contributed by atoms with E-state index in [-0.39, 0.29) is 17.4 Å². The fourth-order valence-corrected chi connectivity index (χ4v) is 4.50. The van der Waals surface area contributed by atoms with Crippen molar-refractivity contribution in [2.24, 2.45) is 11.3 Å². The molecular weight excluding hydrogens is 354 g/mol. The molecule has 1 heterocycles. The van der Waals surface area contributed by atoms with Crippen LogP contribution >= 0.6 is 11.6 Å². The summed E-state index contributed by atoms with van der Waals surface area (Å²) in [5.41, 5.74) is 3.94. The summed E-state index contributed by atoms with van der Waals surface area (Å²) in [6.07, 6.45) is 2.57. The van der Waals surface area contributed by atoms with Crippen LogP contribution in [0.4, 0.5) is 0 Å². The van der Waals surface area contributed by atoms with Crippen molar-refractivity contribution in [3.63, 3.8) is 0 Å². The van der Waals surface area contributed by atoms with Crippen molar-refractivity contribution >= 4 is 17.5 Å². The first kappa shape index (κ1) is 19.9. The summed E-state index contributed by atoms with van der Waals surface area (Å²) >= 11 is 6.10. The number of halogens is 1. The van der Waals surface area contributed by atoms with E-state index in [4.69, 9.17) is 11.6 Å². The summed E-state index contributed by atoms with van der Waals surface area (Å²) in [7, 11) is 0. The van der Waals surface area contributed by atoms with Crippen molar-refractivity contribution < 1.29 is 4.79 Å². The standard InChI is InChI=1S/C24H30ClNO/c1-17(16-24(2,3)4)15-22(27)26-14-13-18-7-5-6-8-21(18)23(26)19-9-11-20(25)12-10-19/h5-12,17,23H,13-16H2,1-4H3/t17-,23+/m0/s1. The van der Waals surface area contributed by atoms with Gasteiger partial charge in [-0.2, -0.15) is 0 Å². The molecule has 0 aliphatic carbocycles. The second-order valence-corrected chi connectivity index (χ2v) is 9.50. The summed E-state index contributed by atoms with van der Waals surface area (Å²) in [5.74, 6) is 0.627. The molecule has 0 unspecified atom stereocenters. The van der Waals surface area contributed by atoms with Crippen LogP contribution < -0.4 is 0 Å². The van der Waals surface area contributed by atoms with Crippen molar-refractivity contribution in [3.05, 3.63) is 70.2 Å². The molecule has 2 aromatic carbocycles. The van der Waals surface area contributed by atoms with Gasteiger partial charge >= 0.3 is 0 Å². The lowest BCUT2D eigenvalue weighted by Gasteiger charge is -2.38. The van der Waals surface area contributed by atoms with E-state index < -0.39 is 0 Å². The van der Waals surface area contributed by atoms with Gasteiger partial charge in [-0.15, -0.1) is 0 Å². The lowest BCUT2D eigenvalue weighted by Crippen LogP contribution is -2.41. The molecule has 144 valence electrons. The molecule has 27 heavy (non-hydrogen) atoms. The van der Waals surface area contributed by atoms with Gasteiger partial charge in [-0.3, -0.25) is 4.79 Å². The average Bonchev–Trinajstić information content (AvgIpc) is 2.59. The first-order valence-electron chi connectivity index (χ1n) is 9.87. The van der Waals surface area contributed by atoms with Gasteiger partial charge < -0.3 is 4.90 Å². The number of rotatable bonds is 4. The topological polar surface area (TPSA) is 20.3 Å². The van der Waals surface area contributed by atoms with Gasteiger partial charge in [0.1, 0.15) is 0 Å². The first-order chi connectivity index (χ1) is 12.7. The van der Waals surface area contributed by atoms with Crippen LogP contribution in [-0.4, -0.2) is 17.4 Å². The number of fused-ring (bicyclic) bond motifs is 1. The van der Waals surface area contributed by atoms with Crippen molar-refractivity contribution in [2.75, 3.05) is 6.54 Å². The number of hydrogen-bond donors (Lipinski definition) is 0. The summed E-state index contributed by atoms with van der Waals surface area (Å²) in [4.78, 5) is 15.3. The van der Waals surface area contributed by atoms with Gasteiger partial charge in [-0.05, 0) is 53.0 Å². The highest BCUT2D eigenvalue weighted by Crippen LogP contribution is 2.37. The van der Waals surface area contributed by atoms with Gasteiger partial charge in [-0.25, -0.2) is 0 Å². The van der Waals surface area contributed by atoms with Crippen LogP contribution in [0.1, 0.15) is 63.3 Å². The lowest BCUT2D eigenvalue weighted by molar-refractivity contribution is -0.134. The molecule has 0 bridgehead atoms. The molecule has 3 rings (SSSR count). The van der Waals surface area contributed by atoms with Gasteiger partial charge in [0.2, 0.25) is 5.91 Å². The summed E-state index contributed by atoms with van der Waals surface area (Å²) < 4.78 is 0. The number of nitrogens with zero attached hydrogens (tertiary/aromatic N) is 1. The van der Waals surface area contributed by atoms with Crippen LogP contribution in [0.5, 0.6) is 0 Å². The predicted octanol–water partition coefficient (Wildman–Crippen LogP) is 6.28. The molecule has 1 aliphatic heterocycles. The Kier molecular flexibility index (Phi) is 5.95. The van der Waals surface area contributed by atoms with Crippen molar-refractivity contribution in [2.45, 2.75) is 53.0 Å². The first-order valence-corrected chi connectivity index (χ1v) is 10.2. The second-order valence-electron chi connectivity index (χ2n) is 9.06. The van der Waals surface area contributed by atoms with Crippen LogP contribution in [0.25, 0.3) is 0 Å². The number of carbonyl (C=O) groups is 1. The number of hydrogen-bond acceptors (Lipinski definition) is 1. The minimum Gasteiger partial charge on any atom is -0.331 e. The maximum absolute atomic E-state index is 13.3. The highest BCUT2D eigenvalue weighted by Gasteiger charge is 2.32. The SMILES string of the molecule is C[C@@H](CC(=O)N1CCc2ccccc2[C@H]1c1ccc(Cl)cc1)CC(C)(C)C. The van der Waals surface area contributed by atoms with Gasteiger partial charge in [0, 0.05) is 18.0 Å². The van der Waals surface area contributed by atoms with E-state index in [1.165, 1.54) is 11.1 Å². The molecule has 0 fully saturated rings. The molecule has 3 heteroatoms. The summed E-state index contributed by atoms with van der Waals surface area (Å²) in [6.45, 7) is 9.68. The molecule has 0 radical (unpaired) electrons. The average molecular weight is 384 g/mol. The Morgan fingerprint density at radius 1 is 1.15 bits per heavy atom. The van der Waals surface area contributed by atoms with E-state index in [0.717, 1.165) is 30.0 Å². The van der Waals surface area contributed by atoms with E-state index in [9.17, 15) is 4.79 Å². The number of amides is 1. The lowest BCUT2D eigenvalue weighted by atomic mass is 9.83. The van der Waals surface area contributed by atoms with E-state index in [1.54, 1.807) is 0 Å². The molecular formula is C24H30ClNO. The molecule has 2 nitrogen and oxygen atoms in total. The normalized spacial score (nSPS) is 18.1. The molecule has 0 saturated heterocycles. The molecule has 0 aromatic heterocycles. The molecule has 0 spiro atoms. The third-order valence-electron chi connectivity index (χ3n) is 5.27. The highest BCUT2D eigenvalue weighted by atomic mass is 35.5. The molecule has 0 saturated carbocycles. The summed E-state index contributed by atoms with van der Waals surface area (Å²) in [6, 6.07) is 16.4. The number of carbonyl (C=O) groups excluding carboxylic acids is 1. The van der Waals surface area contributed by atoms with E-state index >= 15 is 0 Å². The van der Waals surface area contributed by atoms with Crippen LogP contribution in [-0.2, 0) is 11.2 Å². The molecule has 2 atom stereocenters. The maximum atomic E-state index is 13.3. The molecule has 0 N–H and O–H groups in total. The minimum atomic E-state index is -0.0263. The minimum absolute atomic E-state index is 0.0263. The van der Waals surface area contributed by atoms with Crippen molar-refractivity contribution in [1.82, 2.24) is 4.90 Å². The van der Waals surface area contributed by atoms with Crippen LogP contribution in [0.15, 0.2) is 48.5 Å². The smallest absolute Gasteiger partial charge is 0.223 e. The zero-order chi connectivity index (χ0) is 19.6. The fourth-order valence-electron chi connectivity index (χ4n) is 4.37. The summed E-state index contributed by atoms with van der Waals surface area (Å²) in [5, 5.41) is 0.722. The van der Waals surface area contributed by atoms with Gasteiger partial charge in [0.25, 0.3) is 0 Å². The zero-order valence-corrected chi connectivity index (χ0v) is 17.6. The highest BCUT2D eigenvalue weighted by molar-refractivity contribution is 6.30. The molecule has 1 aliphatic rings. The molecule has 2 aromatic rings. The number of benzene rings is 2. The van der Waals surface area contributed by atoms with Crippen LogP contribution in [0, 0.1) is 11.3 Å². The van der Waals surface area contributed by atoms with Crippen molar-refractivity contribution in [3.8, 4) is 0 Å². The third kappa shape index (κ3) is 4.93. The van der Waals surface area contributed by atoms with E-state index in [1.807, 2.05) is 24.3 Å². The Balaban J connectivity index is 1.89. The maximum Gasteiger partial charge on any atom is 0.223 e. The largest absolute Gasteiger partial charge is 0.331 e. The molecule has 1 amide bonds. The van der Waals surface area contributed by atoms with Crippen molar-refractivity contribution in [1.29, 1.82) is 0 Å². The predicted molar refractivity (Wildman–Crippen MR) is 113 cm³/mol.